The molecule has 0 fully saturated rings. The van der Waals surface area contributed by atoms with Gasteiger partial charge in [-0.2, -0.15) is 0 Å². The van der Waals surface area contributed by atoms with E-state index in [1.165, 1.54) is 5.56 Å². The number of nitrogens with zero attached hydrogens (tertiary/aromatic N) is 1. The number of guanidine groups is 1. The molecule has 0 atom stereocenters. The monoisotopic (exact) mass is 359 g/mol. The average Bonchev–Trinajstić information content (AvgIpc) is 2.73. The number of nitrogens with one attached hydrogen (secondary N) is 2. The molecule has 3 aromatic rings. The molecule has 5 nitrogen and oxygen atoms in total. The van der Waals surface area contributed by atoms with Crippen molar-refractivity contribution in [2.45, 2.75) is 6.54 Å². The molecule has 0 spiro atoms. The molecule has 136 valence electrons. The first kappa shape index (κ1) is 17.0. The Balaban J connectivity index is 1.29. The summed E-state index contributed by atoms with van der Waals surface area (Å²) in [5.41, 5.74) is 2.30. The van der Waals surface area contributed by atoms with Crippen LogP contribution in [0.4, 0.5) is 5.69 Å². The van der Waals surface area contributed by atoms with Crippen molar-refractivity contribution >= 4 is 11.6 Å². The molecule has 0 unspecified atom stereocenters. The van der Waals surface area contributed by atoms with Crippen LogP contribution < -0.4 is 20.1 Å². The van der Waals surface area contributed by atoms with Crippen molar-refractivity contribution < 1.29 is 9.47 Å². The smallest absolute Gasteiger partial charge is 0.196 e. The number of fused-ring (bicyclic) bond motifs is 1. The second kappa shape index (κ2) is 8.27. The van der Waals surface area contributed by atoms with E-state index in [1.54, 1.807) is 0 Å². The summed E-state index contributed by atoms with van der Waals surface area (Å²) < 4.78 is 11.8. The van der Waals surface area contributed by atoms with Crippen molar-refractivity contribution in [3.8, 4) is 17.2 Å². The fourth-order valence-electron chi connectivity index (χ4n) is 2.81. The van der Waals surface area contributed by atoms with Gasteiger partial charge < -0.3 is 20.1 Å². The molecule has 4 rings (SSSR count). The highest BCUT2D eigenvalue weighted by atomic mass is 16.5. The van der Waals surface area contributed by atoms with Gasteiger partial charge in [-0.1, -0.05) is 48.5 Å². The minimum atomic E-state index is 0.498. The third kappa shape index (κ3) is 4.39. The number of aliphatic imine (C=N–C) groups is 1. The molecule has 1 aliphatic heterocycles. The summed E-state index contributed by atoms with van der Waals surface area (Å²) in [6.07, 6.45) is 0. The third-order valence-electron chi connectivity index (χ3n) is 4.15. The van der Waals surface area contributed by atoms with Gasteiger partial charge in [-0.25, -0.2) is 4.99 Å². The van der Waals surface area contributed by atoms with Crippen LogP contribution in [0.15, 0.2) is 83.9 Å². The topological polar surface area (TPSA) is 54.9 Å². The van der Waals surface area contributed by atoms with Crippen LogP contribution in [0.3, 0.4) is 0 Å². The Morgan fingerprint density at radius 1 is 0.852 bits per heavy atom. The third-order valence-corrected chi connectivity index (χ3v) is 4.15. The number of hydrogen-bond donors (Lipinski definition) is 2. The highest BCUT2D eigenvalue weighted by molar-refractivity contribution is 5.95. The molecule has 0 saturated heterocycles. The minimum Gasteiger partial charge on any atom is -0.488 e. The predicted molar refractivity (Wildman–Crippen MR) is 108 cm³/mol. The first-order chi connectivity index (χ1) is 13.4. The molecule has 27 heavy (non-hydrogen) atoms. The Kier molecular flexibility index (Phi) is 5.20. The van der Waals surface area contributed by atoms with Gasteiger partial charge in [-0.15, -0.1) is 0 Å². The number of rotatable bonds is 6. The van der Waals surface area contributed by atoms with Gasteiger partial charge in [-0.3, -0.25) is 0 Å². The molecule has 0 aliphatic carbocycles. The van der Waals surface area contributed by atoms with Gasteiger partial charge in [0.15, 0.2) is 17.5 Å². The molecule has 3 aromatic carbocycles. The van der Waals surface area contributed by atoms with Crippen molar-refractivity contribution in [1.82, 2.24) is 5.32 Å². The Labute approximate surface area is 158 Å². The quantitative estimate of drug-likeness (QED) is 0.640. The van der Waals surface area contributed by atoms with Gasteiger partial charge in [-0.05, 0) is 35.9 Å². The second-order valence-corrected chi connectivity index (χ2v) is 6.08. The first-order valence-corrected chi connectivity index (χ1v) is 8.96. The van der Waals surface area contributed by atoms with Gasteiger partial charge in [0, 0.05) is 5.69 Å². The van der Waals surface area contributed by atoms with E-state index in [2.05, 4.69) is 27.8 Å². The zero-order valence-electron chi connectivity index (χ0n) is 14.9. The van der Waals surface area contributed by atoms with Crippen molar-refractivity contribution in [3.05, 3.63) is 84.4 Å². The SMILES string of the molecule is c1ccc(Oc2ccccc2OCCNC2=NCc3ccccc3N2)cc1. The van der Waals surface area contributed by atoms with Gasteiger partial charge in [0.2, 0.25) is 0 Å². The lowest BCUT2D eigenvalue weighted by Crippen LogP contribution is -2.35. The molecular weight excluding hydrogens is 338 g/mol. The number of hydrogen-bond acceptors (Lipinski definition) is 5. The lowest BCUT2D eigenvalue weighted by molar-refractivity contribution is 0.306. The molecule has 0 radical (unpaired) electrons. The zero-order valence-corrected chi connectivity index (χ0v) is 14.9. The van der Waals surface area contributed by atoms with E-state index in [4.69, 9.17) is 9.47 Å². The summed E-state index contributed by atoms with van der Waals surface area (Å²) >= 11 is 0. The van der Waals surface area contributed by atoms with Crippen molar-refractivity contribution in [3.63, 3.8) is 0 Å². The fourth-order valence-corrected chi connectivity index (χ4v) is 2.81. The molecular formula is C22H21N3O2. The minimum absolute atomic E-state index is 0.498. The number of anilines is 1. The van der Waals surface area contributed by atoms with E-state index in [1.807, 2.05) is 66.7 Å². The Morgan fingerprint density at radius 2 is 1.59 bits per heavy atom. The number of ether oxygens (including phenoxy) is 2. The van der Waals surface area contributed by atoms with Crippen molar-refractivity contribution in [2.75, 3.05) is 18.5 Å². The highest BCUT2D eigenvalue weighted by Gasteiger charge is 2.10. The summed E-state index contributed by atoms with van der Waals surface area (Å²) in [6.45, 7) is 1.81. The van der Waals surface area contributed by atoms with Crippen LogP contribution in [-0.4, -0.2) is 19.1 Å². The lowest BCUT2D eigenvalue weighted by atomic mass is 10.1. The second-order valence-electron chi connectivity index (χ2n) is 6.08. The van der Waals surface area contributed by atoms with Gasteiger partial charge in [0.05, 0.1) is 13.1 Å². The maximum absolute atomic E-state index is 5.91. The molecule has 1 heterocycles. The number of para-hydroxylation sites is 4. The molecule has 0 aromatic heterocycles. The Morgan fingerprint density at radius 3 is 2.48 bits per heavy atom. The summed E-state index contributed by atoms with van der Waals surface area (Å²) in [5.74, 6) is 2.97. The van der Waals surface area contributed by atoms with Crippen LogP contribution in [0.5, 0.6) is 17.2 Å². The summed E-state index contributed by atoms with van der Waals surface area (Å²) in [5, 5.41) is 6.57. The average molecular weight is 359 g/mol. The lowest BCUT2D eigenvalue weighted by Gasteiger charge is -2.19. The normalized spacial score (nSPS) is 12.4. The molecule has 0 bridgehead atoms. The van der Waals surface area contributed by atoms with E-state index in [9.17, 15) is 0 Å². The van der Waals surface area contributed by atoms with Gasteiger partial charge in [0.25, 0.3) is 0 Å². The number of benzene rings is 3. The van der Waals surface area contributed by atoms with Crippen LogP contribution >= 0.6 is 0 Å². The van der Waals surface area contributed by atoms with Gasteiger partial charge >= 0.3 is 0 Å². The molecule has 2 N–H and O–H groups in total. The Bertz CT molecular complexity index is 926. The van der Waals surface area contributed by atoms with Crippen LogP contribution in [0, 0.1) is 0 Å². The van der Waals surface area contributed by atoms with E-state index in [0.717, 1.165) is 17.4 Å². The zero-order chi connectivity index (χ0) is 18.3. The Hall–Kier alpha value is -3.47. The molecule has 0 saturated carbocycles. The van der Waals surface area contributed by atoms with Gasteiger partial charge in [0.1, 0.15) is 12.4 Å². The largest absolute Gasteiger partial charge is 0.488 e. The predicted octanol–water partition coefficient (Wildman–Crippen LogP) is 4.43. The van der Waals surface area contributed by atoms with Crippen molar-refractivity contribution in [2.24, 2.45) is 4.99 Å². The summed E-state index contributed by atoms with van der Waals surface area (Å²) in [4.78, 5) is 4.50. The van der Waals surface area contributed by atoms with E-state index in [0.29, 0.717) is 31.2 Å². The van der Waals surface area contributed by atoms with Crippen LogP contribution in [0.2, 0.25) is 0 Å². The maximum Gasteiger partial charge on any atom is 0.196 e. The van der Waals surface area contributed by atoms with Crippen LogP contribution in [0.1, 0.15) is 5.56 Å². The molecule has 1 aliphatic rings. The van der Waals surface area contributed by atoms with Crippen LogP contribution in [-0.2, 0) is 6.54 Å². The van der Waals surface area contributed by atoms with E-state index in [-0.39, 0.29) is 0 Å². The summed E-state index contributed by atoms with van der Waals surface area (Å²) in [7, 11) is 0. The van der Waals surface area contributed by atoms with E-state index < -0.39 is 0 Å². The maximum atomic E-state index is 5.91. The van der Waals surface area contributed by atoms with Crippen LogP contribution in [0.25, 0.3) is 0 Å². The molecule has 0 amide bonds. The highest BCUT2D eigenvalue weighted by Crippen LogP contribution is 2.30. The summed E-state index contributed by atoms with van der Waals surface area (Å²) in [6, 6.07) is 25.5. The van der Waals surface area contributed by atoms with E-state index >= 15 is 0 Å². The fraction of sp³-hybridized carbons (Fsp3) is 0.136. The standard InChI is InChI=1S/C22H21N3O2/c1-2-9-18(10-3-1)27-21-13-7-6-12-20(21)26-15-14-23-22-24-16-17-8-4-5-11-19(17)25-22/h1-13H,14-16H2,(H2,23,24,25). The first-order valence-electron chi connectivity index (χ1n) is 8.96. The van der Waals surface area contributed by atoms with Crippen molar-refractivity contribution in [1.29, 1.82) is 0 Å². The molecule has 5 heteroatoms.